The van der Waals surface area contributed by atoms with Gasteiger partial charge < -0.3 is 33.8 Å². The molecule has 0 aliphatic rings. The molecule has 0 aromatic heterocycles. The van der Waals surface area contributed by atoms with Crippen LogP contribution in [0.4, 0.5) is 0 Å². The second-order valence-electron chi connectivity index (χ2n) is 31.2. The van der Waals surface area contributed by atoms with Crippen LogP contribution < -0.4 is 0 Å². The van der Waals surface area contributed by atoms with E-state index in [2.05, 4.69) is 48.5 Å². The van der Waals surface area contributed by atoms with Crippen LogP contribution in [0.3, 0.4) is 0 Å². The minimum absolute atomic E-state index is 0.107. The van der Waals surface area contributed by atoms with Crippen LogP contribution in [0.25, 0.3) is 0 Å². The Labute approximate surface area is 632 Å². The molecule has 0 radical (unpaired) electrons. The Hall–Kier alpha value is -1.94. The third-order valence-electron chi connectivity index (χ3n) is 20.4. The first-order valence-corrected chi connectivity index (χ1v) is 46.4. The molecule has 0 heterocycles. The number of aliphatic hydroxyl groups excluding tert-OH is 1. The second kappa shape index (κ2) is 74.2. The van der Waals surface area contributed by atoms with E-state index in [1.165, 1.54) is 250 Å². The Morgan fingerprint density at radius 3 is 0.738 bits per heavy atom. The monoisotopic (exact) mass is 1510 g/mol. The molecule has 4 unspecified atom stereocenters. The number of aliphatic hydroxyl groups is 1. The van der Waals surface area contributed by atoms with Crippen molar-refractivity contribution in [3.63, 3.8) is 0 Å². The highest BCUT2D eigenvalue weighted by Crippen LogP contribution is 2.45. The number of phosphoric ester groups is 2. The summed E-state index contributed by atoms with van der Waals surface area (Å²) in [5.41, 5.74) is 0. The average Bonchev–Trinajstić information content (AvgIpc) is 0.933. The molecular formula is C84H164O17P2. The fourth-order valence-electron chi connectivity index (χ4n) is 13.0. The normalized spacial score (nSPS) is 14.4. The molecule has 0 rings (SSSR count). The first kappa shape index (κ1) is 101. The molecule has 0 spiro atoms. The number of rotatable bonds is 82. The van der Waals surface area contributed by atoms with Crippen LogP contribution in [0.2, 0.25) is 0 Å². The molecular weight excluding hydrogens is 1340 g/mol. The van der Waals surface area contributed by atoms with Gasteiger partial charge in [-0.25, -0.2) is 9.13 Å². The molecule has 3 N–H and O–H groups in total. The van der Waals surface area contributed by atoms with E-state index >= 15 is 0 Å². The van der Waals surface area contributed by atoms with Crippen molar-refractivity contribution in [1.29, 1.82) is 0 Å². The van der Waals surface area contributed by atoms with Gasteiger partial charge in [0.05, 0.1) is 26.4 Å². The third-order valence-corrected chi connectivity index (χ3v) is 22.3. The van der Waals surface area contributed by atoms with E-state index in [9.17, 15) is 43.2 Å². The predicted molar refractivity (Wildman–Crippen MR) is 423 cm³/mol. The minimum atomic E-state index is -4.97. The number of unbranched alkanes of at least 4 members (excludes halogenated alkanes) is 48. The summed E-state index contributed by atoms with van der Waals surface area (Å²) in [6, 6.07) is 0. The minimum Gasteiger partial charge on any atom is -0.462 e. The molecule has 0 aromatic rings. The number of hydrogen-bond donors (Lipinski definition) is 3. The molecule has 612 valence electrons. The van der Waals surface area contributed by atoms with E-state index in [-0.39, 0.29) is 25.7 Å². The van der Waals surface area contributed by atoms with Crippen molar-refractivity contribution in [1.82, 2.24) is 0 Å². The van der Waals surface area contributed by atoms with Gasteiger partial charge in [0.15, 0.2) is 12.2 Å². The highest BCUT2D eigenvalue weighted by Gasteiger charge is 2.30. The summed E-state index contributed by atoms with van der Waals surface area (Å²) in [7, 11) is -9.93. The van der Waals surface area contributed by atoms with Crippen LogP contribution in [-0.4, -0.2) is 96.7 Å². The number of ether oxygens (including phenoxy) is 4. The van der Waals surface area contributed by atoms with Crippen molar-refractivity contribution in [2.75, 3.05) is 39.6 Å². The fourth-order valence-corrected chi connectivity index (χ4v) is 14.5. The lowest BCUT2D eigenvalue weighted by atomic mass is 9.99. The van der Waals surface area contributed by atoms with E-state index in [1.54, 1.807) is 0 Å². The van der Waals surface area contributed by atoms with Gasteiger partial charge in [-0.1, -0.05) is 389 Å². The summed E-state index contributed by atoms with van der Waals surface area (Å²) in [4.78, 5) is 73.2. The summed E-state index contributed by atoms with van der Waals surface area (Å²) in [5, 5.41) is 10.7. The molecule has 0 saturated heterocycles. The predicted octanol–water partition coefficient (Wildman–Crippen LogP) is 25.3. The number of esters is 4. The summed E-state index contributed by atoms with van der Waals surface area (Å²) < 4.78 is 68.9. The molecule has 103 heavy (non-hydrogen) atoms. The van der Waals surface area contributed by atoms with Crippen molar-refractivity contribution in [3.05, 3.63) is 0 Å². The van der Waals surface area contributed by atoms with Gasteiger partial charge >= 0.3 is 39.5 Å². The molecule has 17 nitrogen and oxygen atoms in total. The second-order valence-corrected chi connectivity index (χ2v) is 34.1. The largest absolute Gasteiger partial charge is 0.472 e. The zero-order chi connectivity index (χ0) is 75.8. The molecule has 19 heteroatoms. The summed E-state index contributed by atoms with van der Waals surface area (Å²) >= 11 is 0. The van der Waals surface area contributed by atoms with E-state index in [0.717, 1.165) is 108 Å². The number of phosphoric acid groups is 2. The van der Waals surface area contributed by atoms with Crippen molar-refractivity contribution < 1.29 is 80.2 Å². The Balaban J connectivity index is 5.26. The Morgan fingerprint density at radius 2 is 0.495 bits per heavy atom. The van der Waals surface area contributed by atoms with Crippen LogP contribution in [0.1, 0.15) is 440 Å². The van der Waals surface area contributed by atoms with E-state index < -0.39 is 97.5 Å². The van der Waals surface area contributed by atoms with Gasteiger partial charge in [-0.15, -0.1) is 0 Å². The number of hydrogen-bond acceptors (Lipinski definition) is 15. The quantitative estimate of drug-likeness (QED) is 0.0222. The molecule has 0 amide bonds. The van der Waals surface area contributed by atoms with Gasteiger partial charge in [0.2, 0.25) is 0 Å². The maximum Gasteiger partial charge on any atom is 0.472 e. The Kier molecular flexibility index (Phi) is 72.8. The molecule has 0 bridgehead atoms. The van der Waals surface area contributed by atoms with E-state index in [4.69, 9.17) is 37.0 Å². The van der Waals surface area contributed by atoms with Crippen molar-refractivity contribution in [3.8, 4) is 0 Å². The molecule has 0 aliphatic heterocycles. The van der Waals surface area contributed by atoms with E-state index in [0.29, 0.717) is 25.7 Å². The lowest BCUT2D eigenvalue weighted by Crippen LogP contribution is -2.30. The molecule has 0 fully saturated rings. The highest BCUT2D eigenvalue weighted by atomic mass is 31.2. The molecule has 7 atom stereocenters. The molecule has 0 aromatic carbocycles. The summed E-state index contributed by atoms with van der Waals surface area (Å²) in [6.07, 6.45) is 63.6. The first-order valence-electron chi connectivity index (χ1n) is 43.4. The molecule has 0 aliphatic carbocycles. The standard InChI is InChI=1S/C84H164O17P2/c1-8-11-12-13-14-15-16-17-26-32-37-46-53-60-67-83(88)101-80(72-95-82(87)66-59-52-45-40-39-43-50-57-64-77(7)10-3)74-99-103(92,93)97-70-78(85)69-96-102(90,91)98-73-79(71-94-81(86)65-58-51-44-36-31-27-23-22-25-30-35-42-49-56-63-76(6)9-2)100-84(89)68-61-54-47-38-33-28-21-19-18-20-24-29-34-41-48-55-62-75(4)5/h75-80,85H,8-74H2,1-7H3,(H,90,91)(H,92,93)/t76?,77?,78-,79-,80-/m1/s1. The lowest BCUT2D eigenvalue weighted by Gasteiger charge is -2.21. The van der Waals surface area contributed by atoms with Gasteiger partial charge in [-0.3, -0.25) is 37.3 Å². The fraction of sp³-hybridized carbons (Fsp3) is 0.952. The highest BCUT2D eigenvalue weighted by molar-refractivity contribution is 7.47. The third kappa shape index (κ3) is 75.3. The summed E-state index contributed by atoms with van der Waals surface area (Å²) in [6.45, 7) is 12.1. The number of carbonyl (C=O) groups excluding carboxylic acids is 4. The zero-order valence-electron chi connectivity index (χ0n) is 67.8. The lowest BCUT2D eigenvalue weighted by molar-refractivity contribution is -0.161. The maximum atomic E-state index is 13.1. The smallest absolute Gasteiger partial charge is 0.462 e. The maximum absolute atomic E-state index is 13.1. The van der Waals surface area contributed by atoms with Crippen LogP contribution >= 0.6 is 15.6 Å². The number of carbonyl (C=O) groups is 4. The van der Waals surface area contributed by atoms with E-state index in [1.807, 2.05) is 0 Å². The first-order chi connectivity index (χ1) is 49.8. The van der Waals surface area contributed by atoms with Gasteiger partial charge in [0, 0.05) is 25.7 Å². The van der Waals surface area contributed by atoms with Crippen LogP contribution in [0.5, 0.6) is 0 Å². The Bertz CT molecular complexity index is 2000. The summed E-state index contributed by atoms with van der Waals surface area (Å²) in [5.74, 6) is 0.331. The molecule has 0 saturated carbocycles. The van der Waals surface area contributed by atoms with Gasteiger partial charge in [-0.05, 0) is 43.4 Å². The van der Waals surface area contributed by atoms with Crippen LogP contribution in [0.15, 0.2) is 0 Å². The van der Waals surface area contributed by atoms with Crippen LogP contribution in [0, 0.1) is 17.8 Å². The van der Waals surface area contributed by atoms with Crippen molar-refractivity contribution >= 4 is 39.5 Å². The van der Waals surface area contributed by atoms with Gasteiger partial charge in [-0.2, -0.15) is 0 Å². The topological polar surface area (TPSA) is 237 Å². The van der Waals surface area contributed by atoms with Gasteiger partial charge in [0.25, 0.3) is 0 Å². The van der Waals surface area contributed by atoms with Gasteiger partial charge in [0.1, 0.15) is 19.3 Å². The average molecular weight is 1510 g/mol. The Morgan fingerprint density at radius 1 is 0.282 bits per heavy atom. The zero-order valence-corrected chi connectivity index (χ0v) is 69.6. The van der Waals surface area contributed by atoms with Crippen molar-refractivity contribution in [2.45, 2.75) is 458 Å². The van der Waals surface area contributed by atoms with Crippen LogP contribution in [-0.2, 0) is 65.4 Å². The SMILES string of the molecule is CCCCCCCCCCCCCCCCC(=O)O[C@H](COC(=O)CCCCCCCCCCC(C)CC)COP(=O)(O)OC[C@H](O)COP(=O)(O)OC[C@@H](COC(=O)CCCCCCCCCCCCCCCCC(C)CC)OC(=O)CCCCCCCCCCCCCCCCCCC(C)C. The van der Waals surface area contributed by atoms with Crippen molar-refractivity contribution in [2.24, 2.45) is 17.8 Å².